The Morgan fingerprint density at radius 1 is 1.50 bits per heavy atom. The number of nitrogens with zero attached hydrogens (tertiary/aromatic N) is 2. The van der Waals surface area contributed by atoms with Crippen molar-refractivity contribution in [3.63, 3.8) is 0 Å². The van der Waals surface area contributed by atoms with E-state index in [-0.39, 0.29) is 5.91 Å². The van der Waals surface area contributed by atoms with E-state index < -0.39 is 0 Å². The molecule has 1 rings (SSSR count). The maximum Gasteiger partial charge on any atom is 0.257 e. The van der Waals surface area contributed by atoms with Crippen LogP contribution in [0.15, 0.2) is 18.5 Å². The fourth-order valence-corrected chi connectivity index (χ4v) is 1.86. The maximum atomic E-state index is 12.4. The second kappa shape index (κ2) is 7.93. The van der Waals surface area contributed by atoms with E-state index in [1.54, 1.807) is 23.4 Å². The molecule has 0 aliphatic carbocycles. The van der Waals surface area contributed by atoms with Gasteiger partial charge in [-0.2, -0.15) is 0 Å². The normalized spacial score (nSPS) is 10.2. The predicted octanol–water partition coefficient (Wildman–Crippen LogP) is 2.57. The second-order valence-electron chi connectivity index (χ2n) is 3.91. The van der Waals surface area contributed by atoms with Crippen LogP contribution >= 0.6 is 11.6 Å². The number of hydrogen-bond donors (Lipinski definition) is 0. The Hall–Kier alpha value is -1.29. The zero-order chi connectivity index (χ0) is 13.4. The van der Waals surface area contributed by atoms with Crippen molar-refractivity contribution in [2.24, 2.45) is 0 Å². The zero-order valence-corrected chi connectivity index (χ0v) is 11.6. The number of halogens is 1. The monoisotopic (exact) mass is 270 g/mol. The van der Waals surface area contributed by atoms with Crippen LogP contribution in [0.25, 0.3) is 0 Å². The molecule has 1 aromatic heterocycles. The minimum Gasteiger partial charge on any atom is -0.494 e. The lowest BCUT2D eigenvalue weighted by Crippen LogP contribution is -2.34. The molecule has 5 heteroatoms. The third-order valence-corrected chi connectivity index (χ3v) is 2.83. The van der Waals surface area contributed by atoms with E-state index in [1.807, 2.05) is 0 Å². The molecule has 0 fully saturated rings. The summed E-state index contributed by atoms with van der Waals surface area (Å²) in [5.74, 6) is 0.880. The summed E-state index contributed by atoms with van der Waals surface area (Å²) in [6, 6.07) is 1.67. The topological polar surface area (TPSA) is 42.4 Å². The molecule has 1 heterocycles. The van der Waals surface area contributed by atoms with Crippen LogP contribution in [0, 0.1) is 0 Å². The van der Waals surface area contributed by atoms with Gasteiger partial charge in [0.05, 0.1) is 18.9 Å². The van der Waals surface area contributed by atoms with Crippen LogP contribution in [0.5, 0.6) is 5.75 Å². The average molecular weight is 271 g/mol. The van der Waals surface area contributed by atoms with E-state index in [4.69, 9.17) is 16.3 Å². The fourth-order valence-electron chi connectivity index (χ4n) is 1.66. The number of carbonyl (C=O) groups is 1. The number of ether oxygens (including phenoxy) is 1. The molecule has 18 heavy (non-hydrogen) atoms. The molecular weight excluding hydrogens is 252 g/mol. The number of carbonyl (C=O) groups excluding carboxylic acids is 1. The summed E-state index contributed by atoms with van der Waals surface area (Å²) in [6.45, 7) is 3.36. The van der Waals surface area contributed by atoms with Gasteiger partial charge in [0.25, 0.3) is 5.91 Å². The quantitative estimate of drug-likeness (QED) is 0.715. The summed E-state index contributed by atoms with van der Waals surface area (Å²) < 4.78 is 5.16. The summed E-state index contributed by atoms with van der Waals surface area (Å²) in [4.78, 5) is 18.1. The SMILES string of the molecule is CCCCN(CCCl)C(=O)c1ccncc1OC. The third kappa shape index (κ3) is 3.88. The summed E-state index contributed by atoms with van der Waals surface area (Å²) in [5, 5.41) is 0. The zero-order valence-electron chi connectivity index (χ0n) is 10.9. The molecule has 0 spiro atoms. The van der Waals surface area contributed by atoms with Gasteiger partial charge in [-0.25, -0.2) is 0 Å². The van der Waals surface area contributed by atoms with Gasteiger partial charge < -0.3 is 9.64 Å². The Morgan fingerprint density at radius 3 is 2.89 bits per heavy atom. The summed E-state index contributed by atoms with van der Waals surface area (Å²) >= 11 is 5.74. The van der Waals surface area contributed by atoms with Gasteiger partial charge in [0.2, 0.25) is 0 Å². The van der Waals surface area contributed by atoms with Gasteiger partial charge in [0.1, 0.15) is 5.75 Å². The van der Waals surface area contributed by atoms with Crippen molar-refractivity contribution in [1.82, 2.24) is 9.88 Å². The molecule has 0 aliphatic rings. The lowest BCUT2D eigenvalue weighted by atomic mass is 10.2. The minimum atomic E-state index is -0.0525. The number of alkyl halides is 1. The number of rotatable bonds is 7. The van der Waals surface area contributed by atoms with Crippen molar-refractivity contribution in [1.29, 1.82) is 0 Å². The number of unbranched alkanes of at least 4 members (excludes halogenated alkanes) is 1. The average Bonchev–Trinajstić information content (AvgIpc) is 2.42. The molecule has 1 amide bonds. The number of pyridine rings is 1. The van der Waals surface area contributed by atoms with E-state index in [1.165, 1.54) is 7.11 Å². The summed E-state index contributed by atoms with van der Waals surface area (Å²) in [7, 11) is 1.53. The minimum absolute atomic E-state index is 0.0525. The van der Waals surface area contributed by atoms with Gasteiger partial charge >= 0.3 is 0 Å². The fraction of sp³-hybridized carbons (Fsp3) is 0.538. The third-order valence-electron chi connectivity index (χ3n) is 2.66. The molecule has 0 bridgehead atoms. The maximum absolute atomic E-state index is 12.4. The van der Waals surface area contributed by atoms with Crippen molar-refractivity contribution in [3.05, 3.63) is 24.0 Å². The van der Waals surface area contributed by atoms with E-state index in [0.29, 0.717) is 30.3 Å². The first-order valence-corrected chi connectivity index (χ1v) is 6.61. The number of aromatic nitrogens is 1. The van der Waals surface area contributed by atoms with E-state index in [9.17, 15) is 4.79 Å². The molecule has 0 aliphatic heterocycles. The Balaban J connectivity index is 2.86. The van der Waals surface area contributed by atoms with Crippen LogP contribution in [0.3, 0.4) is 0 Å². The summed E-state index contributed by atoms with van der Waals surface area (Å²) in [5.41, 5.74) is 0.536. The van der Waals surface area contributed by atoms with Crippen LogP contribution in [0.1, 0.15) is 30.1 Å². The highest BCUT2D eigenvalue weighted by molar-refractivity contribution is 6.18. The standard InChI is InChI=1S/C13H19ClN2O2/c1-3-4-8-16(9-6-14)13(17)11-5-7-15-10-12(11)18-2/h5,7,10H,3-4,6,8-9H2,1-2H3. The van der Waals surface area contributed by atoms with Crippen LogP contribution in [-0.4, -0.2) is 41.9 Å². The lowest BCUT2D eigenvalue weighted by molar-refractivity contribution is 0.0760. The van der Waals surface area contributed by atoms with Crippen molar-refractivity contribution in [2.45, 2.75) is 19.8 Å². The van der Waals surface area contributed by atoms with Crippen molar-refractivity contribution in [3.8, 4) is 5.75 Å². The smallest absolute Gasteiger partial charge is 0.257 e. The largest absolute Gasteiger partial charge is 0.494 e. The van der Waals surface area contributed by atoms with Crippen LogP contribution < -0.4 is 4.74 Å². The van der Waals surface area contributed by atoms with E-state index >= 15 is 0 Å². The molecular formula is C13H19ClN2O2. The molecule has 0 saturated heterocycles. The lowest BCUT2D eigenvalue weighted by Gasteiger charge is -2.22. The number of amides is 1. The first kappa shape index (κ1) is 14.8. The van der Waals surface area contributed by atoms with Gasteiger partial charge in [-0.05, 0) is 12.5 Å². The Labute approximate surface area is 113 Å². The molecule has 100 valence electrons. The highest BCUT2D eigenvalue weighted by atomic mass is 35.5. The number of methoxy groups -OCH3 is 1. The number of hydrogen-bond acceptors (Lipinski definition) is 3. The second-order valence-corrected chi connectivity index (χ2v) is 4.29. The van der Waals surface area contributed by atoms with Gasteiger partial charge in [-0.15, -0.1) is 11.6 Å². The Morgan fingerprint density at radius 2 is 2.28 bits per heavy atom. The first-order valence-electron chi connectivity index (χ1n) is 6.07. The molecule has 0 atom stereocenters. The van der Waals surface area contributed by atoms with E-state index in [2.05, 4.69) is 11.9 Å². The molecule has 4 nitrogen and oxygen atoms in total. The van der Waals surface area contributed by atoms with Gasteiger partial charge in [-0.3, -0.25) is 9.78 Å². The first-order chi connectivity index (χ1) is 8.74. The summed E-state index contributed by atoms with van der Waals surface area (Å²) in [6.07, 6.45) is 5.15. The molecule has 0 radical (unpaired) electrons. The van der Waals surface area contributed by atoms with Crippen LogP contribution in [0.4, 0.5) is 0 Å². The van der Waals surface area contributed by atoms with E-state index in [0.717, 1.165) is 12.8 Å². The molecule has 0 aromatic carbocycles. The Bertz CT molecular complexity index is 385. The van der Waals surface area contributed by atoms with Gasteiger partial charge in [-0.1, -0.05) is 13.3 Å². The molecule has 1 aromatic rings. The van der Waals surface area contributed by atoms with Gasteiger partial charge in [0, 0.05) is 25.2 Å². The molecule has 0 N–H and O–H groups in total. The molecule has 0 unspecified atom stereocenters. The molecule has 0 saturated carbocycles. The predicted molar refractivity (Wildman–Crippen MR) is 72.3 cm³/mol. The van der Waals surface area contributed by atoms with Crippen LogP contribution in [-0.2, 0) is 0 Å². The highest BCUT2D eigenvalue weighted by Gasteiger charge is 2.18. The Kier molecular flexibility index (Phi) is 6.50. The van der Waals surface area contributed by atoms with Crippen LogP contribution in [0.2, 0.25) is 0 Å². The van der Waals surface area contributed by atoms with Gasteiger partial charge in [0.15, 0.2) is 0 Å². The van der Waals surface area contributed by atoms with Crippen molar-refractivity contribution >= 4 is 17.5 Å². The van der Waals surface area contributed by atoms with Crippen molar-refractivity contribution < 1.29 is 9.53 Å². The van der Waals surface area contributed by atoms with Crippen molar-refractivity contribution in [2.75, 3.05) is 26.1 Å². The highest BCUT2D eigenvalue weighted by Crippen LogP contribution is 2.18.